The number of ketones is 2. The van der Waals surface area contributed by atoms with E-state index >= 15 is 0 Å². The molecular formula is C11H16O2. The Bertz CT molecular complexity index is 306. The van der Waals surface area contributed by atoms with Crippen LogP contribution in [0.3, 0.4) is 0 Å². The van der Waals surface area contributed by atoms with E-state index in [4.69, 9.17) is 0 Å². The van der Waals surface area contributed by atoms with E-state index in [1.54, 1.807) is 26.8 Å². The molecule has 0 fully saturated rings. The normalized spacial score (nSPS) is 25.8. The summed E-state index contributed by atoms with van der Waals surface area (Å²) in [7, 11) is 0. The van der Waals surface area contributed by atoms with E-state index in [0.29, 0.717) is 5.57 Å². The van der Waals surface area contributed by atoms with Gasteiger partial charge in [-0.15, -0.1) is 0 Å². The number of hydrogen-bond acceptors (Lipinski definition) is 2. The van der Waals surface area contributed by atoms with Crippen LogP contribution in [0, 0.1) is 10.8 Å². The van der Waals surface area contributed by atoms with Gasteiger partial charge in [0.15, 0.2) is 11.6 Å². The standard InChI is InChI=1S/C11H16O2/c1-7-6-10(2,3)9(13)11(4,5)8(7)12/h6H,1-5H3. The van der Waals surface area contributed by atoms with Gasteiger partial charge < -0.3 is 0 Å². The largest absolute Gasteiger partial charge is 0.298 e. The van der Waals surface area contributed by atoms with Crippen LogP contribution in [0.2, 0.25) is 0 Å². The maximum atomic E-state index is 11.9. The summed E-state index contributed by atoms with van der Waals surface area (Å²) in [5.74, 6) is -0.0348. The summed E-state index contributed by atoms with van der Waals surface area (Å²) in [6.45, 7) is 8.89. The van der Waals surface area contributed by atoms with Crippen molar-refractivity contribution in [2.75, 3.05) is 0 Å². The predicted molar refractivity (Wildman–Crippen MR) is 51.3 cm³/mol. The topological polar surface area (TPSA) is 34.1 Å². The molecule has 2 nitrogen and oxygen atoms in total. The highest BCUT2D eigenvalue weighted by atomic mass is 16.2. The van der Waals surface area contributed by atoms with Crippen LogP contribution >= 0.6 is 0 Å². The molecular weight excluding hydrogens is 164 g/mol. The van der Waals surface area contributed by atoms with Gasteiger partial charge in [-0.05, 0) is 40.2 Å². The van der Waals surface area contributed by atoms with E-state index in [1.165, 1.54) is 0 Å². The summed E-state index contributed by atoms with van der Waals surface area (Å²) in [5.41, 5.74) is -0.640. The highest BCUT2D eigenvalue weighted by Gasteiger charge is 2.46. The third-order valence-electron chi connectivity index (χ3n) is 2.66. The summed E-state index contributed by atoms with van der Waals surface area (Å²) in [5, 5.41) is 0. The van der Waals surface area contributed by atoms with Gasteiger partial charge >= 0.3 is 0 Å². The van der Waals surface area contributed by atoms with Crippen LogP contribution in [0.4, 0.5) is 0 Å². The van der Waals surface area contributed by atoms with E-state index < -0.39 is 10.8 Å². The summed E-state index contributed by atoms with van der Waals surface area (Å²) in [4.78, 5) is 23.5. The van der Waals surface area contributed by atoms with Crippen molar-refractivity contribution >= 4 is 11.6 Å². The van der Waals surface area contributed by atoms with Crippen LogP contribution in [0.25, 0.3) is 0 Å². The smallest absolute Gasteiger partial charge is 0.171 e. The molecule has 0 aliphatic heterocycles. The van der Waals surface area contributed by atoms with Crippen LogP contribution in [0.15, 0.2) is 11.6 Å². The van der Waals surface area contributed by atoms with Crippen molar-refractivity contribution in [3.05, 3.63) is 11.6 Å². The molecule has 72 valence electrons. The van der Waals surface area contributed by atoms with Gasteiger partial charge in [0.1, 0.15) is 0 Å². The van der Waals surface area contributed by atoms with Gasteiger partial charge in [-0.2, -0.15) is 0 Å². The molecule has 0 spiro atoms. The van der Waals surface area contributed by atoms with Crippen molar-refractivity contribution in [3.8, 4) is 0 Å². The number of carbonyl (C=O) groups excluding carboxylic acids is 2. The molecule has 0 amide bonds. The monoisotopic (exact) mass is 180 g/mol. The molecule has 1 aliphatic carbocycles. The zero-order chi connectivity index (χ0) is 10.4. The van der Waals surface area contributed by atoms with Gasteiger partial charge in [-0.3, -0.25) is 9.59 Å². The van der Waals surface area contributed by atoms with Crippen molar-refractivity contribution in [1.82, 2.24) is 0 Å². The molecule has 0 unspecified atom stereocenters. The van der Waals surface area contributed by atoms with E-state index in [9.17, 15) is 9.59 Å². The molecule has 0 aromatic heterocycles. The lowest BCUT2D eigenvalue weighted by atomic mass is 9.65. The zero-order valence-corrected chi connectivity index (χ0v) is 8.89. The number of allylic oxidation sites excluding steroid dienone is 2. The van der Waals surface area contributed by atoms with Crippen molar-refractivity contribution in [2.45, 2.75) is 34.6 Å². The molecule has 13 heavy (non-hydrogen) atoms. The Balaban J connectivity index is 3.32. The van der Waals surface area contributed by atoms with Gasteiger partial charge in [-0.25, -0.2) is 0 Å². The first kappa shape index (κ1) is 10.2. The first-order chi connectivity index (χ1) is 5.69. The quantitative estimate of drug-likeness (QED) is 0.535. The maximum absolute atomic E-state index is 11.9. The lowest BCUT2D eigenvalue weighted by Gasteiger charge is -2.35. The second-order valence-corrected chi connectivity index (χ2v) is 4.83. The number of hydrogen-bond donors (Lipinski definition) is 0. The number of rotatable bonds is 0. The minimum absolute atomic E-state index is 0.00981. The molecule has 0 saturated heterocycles. The minimum atomic E-state index is -0.845. The second kappa shape index (κ2) is 2.53. The van der Waals surface area contributed by atoms with Gasteiger partial charge in [0.05, 0.1) is 5.41 Å². The molecule has 0 aromatic carbocycles. The van der Waals surface area contributed by atoms with E-state index in [1.807, 2.05) is 13.8 Å². The molecule has 2 heteroatoms. The van der Waals surface area contributed by atoms with Crippen molar-refractivity contribution in [3.63, 3.8) is 0 Å². The summed E-state index contributed by atoms with van der Waals surface area (Å²) >= 11 is 0. The molecule has 0 heterocycles. The van der Waals surface area contributed by atoms with Crippen LogP contribution in [-0.4, -0.2) is 11.6 Å². The molecule has 0 saturated carbocycles. The Morgan fingerprint density at radius 1 is 1.08 bits per heavy atom. The summed E-state index contributed by atoms with van der Waals surface area (Å²) in [6.07, 6.45) is 1.77. The SMILES string of the molecule is CC1=CC(C)(C)C(=O)C(C)(C)C1=O. The van der Waals surface area contributed by atoms with Crippen LogP contribution in [0.5, 0.6) is 0 Å². The summed E-state index contributed by atoms with van der Waals surface area (Å²) in [6, 6.07) is 0. The predicted octanol–water partition coefficient (Wildman–Crippen LogP) is 2.14. The van der Waals surface area contributed by atoms with Gasteiger partial charge in [0, 0.05) is 5.41 Å². The second-order valence-electron chi connectivity index (χ2n) is 4.83. The van der Waals surface area contributed by atoms with Gasteiger partial charge in [0.2, 0.25) is 0 Å². The molecule has 0 N–H and O–H groups in total. The Kier molecular flexibility index (Phi) is 1.98. The van der Waals surface area contributed by atoms with Gasteiger partial charge in [0.25, 0.3) is 0 Å². The fourth-order valence-electron chi connectivity index (χ4n) is 2.07. The average molecular weight is 180 g/mol. The molecule has 0 radical (unpaired) electrons. The molecule has 0 atom stereocenters. The third-order valence-corrected chi connectivity index (χ3v) is 2.66. The summed E-state index contributed by atoms with van der Waals surface area (Å²) < 4.78 is 0. The third kappa shape index (κ3) is 1.34. The highest BCUT2D eigenvalue weighted by molar-refractivity contribution is 6.18. The molecule has 0 aromatic rings. The first-order valence-corrected chi connectivity index (χ1v) is 4.49. The van der Waals surface area contributed by atoms with E-state index in [-0.39, 0.29) is 11.6 Å². The lowest BCUT2D eigenvalue weighted by Crippen LogP contribution is -2.45. The van der Waals surface area contributed by atoms with E-state index in [0.717, 1.165) is 0 Å². The zero-order valence-electron chi connectivity index (χ0n) is 8.89. The maximum Gasteiger partial charge on any atom is 0.171 e. The first-order valence-electron chi connectivity index (χ1n) is 4.49. The molecule has 0 bridgehead atoms. The molecule has 1 rings (SSSR count). The fraction of sp³-hybridized carbons (Fsp3) is 0.636. The Morgan fingerprint density at radius 2 is 1.54 bits per heavy atom. The van der Waals surface area contributed by atoms with Crippen LogP contribution < -0.4 is 0 Å². The van der Waals surface area contributed by atoms with Gasteiger partial charge in [-0.1, -0.05) is 6.08 Å². The fourth-order valence-corrected chi connectivity index (χ4v) is 2.07. The number of Topliss-reactive ketones (excluding diaryl/α,β-unsaturated/α-hetero) is 2. The van der Waals surface area contributed by atoms with Crippen LogP contribution in [-0.2, 0) is 9.59 Å². The van der Waals surface area contributed by atoms with E-state index in [2.05, 4.69) is 0 Å². The van der Waals surface area contributed by atoms with Crippen molar-refractivity contribution < 1.29 is 9.59 Å². The highest BCUT2D eigenvalue weighted by Crippen LogP contribution is 2.38. The Labute approximate surface area is 79.0 Å². The minimum Gasteiger partial charge on any atom is -0.298 e. The number of carbonyl (C=O) groups is 2. The van der Waals surface area contributed by atoms with Crippen LogP contribution in [0.1, 0.15) is 34.6 Å². The Morgan fingerprint density at radius 3 is 2.00 bits per heavy atom. The van der Waals surface area contributed by atoms with Crippen molar-refractivity contribution in [2.24, 2.45) is 10.8 Å². The average Bonchev–Trinajstić information content (AvgIpc) is 1.98. The molecule has 1 aliphatic rings. The lowest BCUT2D eigenvalue weighted by molar-refractivity contribution is -0.142. The Hall–Kier alpha value is -0.920. The van der Waals surface area contributed by atoms with Crippen molar-refractivity contribution in [1.29, 1.82) is 0 Å².